The summed E-state index contributed by atoms with van der Waals surface area (Å²) in [4.78, 5) is 22.0. The predicted octanol–water partition coefficient (Wildman–Crippen LogP) is 0.708. The fourth-order valence-corrected chi connectivity index (χ4v) is 4.11. The fraction of sp³-hybridized carbons (Fsp3) is 0.941. The average molecular weight is 308 g/mol. The zero-order chi connectivity index (χ0) is 15.7. The fourth-order valence-electron chi connectivity index (χ4n) is 4.11. The van der Waals surface area contributed by atoms with Gasteiger partial charge in [-0.05, 0) is 33.1 Å². The standard InChI is InChI=1S/C17H32N4O/c1-14(2)19-8-10-20(11-9-19)15-12-21(13-15)16-6-4-5-7-18(3)17(16)22/h14-16H,4-13H2,1-3H3. The second-order valence-electron chi connectivity index (χ2n) is 7.54. The van der Waals surface area contributed by atoms with E-state index in [1.807, 2.05) is 11.9 Å². The van der Waals surface area contributed by atoms with Crippen LogP contribution in [-0.2, 0) is 4.79 Å². The van der Waals surface area contributed by atoms with Crippen LogP contribution in [0.1, 0.15) is 33.1 Å². The van der Waals surface area contributed by atoms with Crippen molar-refractivity contribution in [3.63, 3.8) is 0 Å². The van der Waals surface area contributed by atoms with Crippen LogP contribution >= 0.6 is 0 Å². The molecule has 0 aromatic carbocycles. The van der Waals surface area contributed by atoms with Gasteiger partial charge in [0.2, 0.25) is 5.91 Å². The molecule has 0 aliphatic carbocycles. The lowest BCUT2D eigenvalue weighted by Crippen LogP contribution is -2.66. The Labute approximate surface area is 135 Å². The summed E-state index contributed by atoms with van der Waals surface area (Å²) in [6.07, 6.45) is 3.40. The summed E-state index contributed by atoms with van der Waals surface area (Å²) in [5.74, 6) is 0.348. The van der Waals surface area contributed by atoms with Crippen molar-refractivity contribution >= 4 is 5.91 Å². The topological polar surface area (TPSA) is 30.0 Å². The van der Waals surface area contributed by atoms with Crippen LogP contribution < -0.4 is 0 Å². The number of likely N-dealkylation sites (N-methyl/N-ethyl adjacent to an activating group) is 1. The van der Waals surface area contributed by atoms with Crippen LogP contribution in [0.15, 0.2) is 0 Å². The van der Waals surface area contributed by atoms with Gasteiger partial charge in [-0.15, -0.1) is 0 Å². The van der Waals surface area contributed by atoms with Gasteiger partial charge in [-0.2, -0.15) is 0 Å². The quantitative estimate of drug-likeness (QED) is 0.768. The third-order valence-corrected chi connectivity index (χ3v) is 5.81. The van der Waals surface area contributed by atoms with Crippen LogP contribution in [0, 0.1) is 0 Å². The van der Waals surface area contributed by atoms with Gasteiger partial charge < -0.3 is 4.90 Å². The van der Waals surface area contributed by atoms with Crippen molar-refractivity contribution in [1.29, 1.82) is 0 Å². The molecule has 0 saturated carbocycles. The summed E-state index contributed by atoms with van der Waals surface area (Å²) in [7, 11) is 1.96. The van der Waals surface area contributed by atoms with E-state index in [4.69, 9.17) is 0 Å². The van der Waals surface area contributed by atoms with Gasteiger partial charge in [-0.3, -0.25) is 19.5 Å². The van der Waals surface area contributed by atoms with Gasteiger partial charge >= 0.3 is 0 Å². The first kappa shape index (κ1) is 16.2. The van der Waals surface area contributed by atoms with Crippen LogP contribution in [0.25, 0.3) is 0 Å². The molecule has 126 valence electrons. The van der Waals surface area contributed by atoms with Gasteiger partial charge in [0.25, 0.3) is 0 Å². The molecule has 0 radical (unpaired) electrons. The second-order valence-corrected chi connectivity index (χ2v) is 7.54. The molecule has 3 fully saturated rings. The lowest BCUT2D eigenvalue weighted by Gasteiger charge is -2.50. The third-order valence-electron chi connectivity index (χ3n) is 5.81. The van der Waals surface area contributed by atoms with Gasteiger partial charge in [0.15, 0.2) is 0 Å². The number of carbonyl (C=O) groups excluding carboxylic acids is 1. The predicted molar refractivity (Wildman–Crippen MR) is 88.9 cm³/mol. The minimum absolute atomic E-state index is 0.153. The molecule has 0 spiro atoms. The smallest absolute Gasteiger partial charge is 0.239 e. The molecule has 3 rings (SSSR count). The highest BCUT2D eigenvalue weighted by atomic mass is 16.2. The van der Waals surface area contributed by atoms with Crippen molar-refractivity contribution in [1.82, 2.24) is 19.6 Å². The second kappa shape index (κ2) is 6.85. The Morgan fingerprint density at radius 1 is 0.955 bits per heavy atom. The maximum Gasteiger partial charge on any atom is 0.239 e. The lowest BCUT2D eigenvalue weighted by atomic mass is 9.99. The highest BCUT2D eigenvalue weighted by Gasteiger charge is 2.40. The summed E-state index contributed by atoms with van der Waals surface area (Å²) in [5.41, 5.74) is 0. The minimum Gasteiger partial charge on any atom is -0.344 e. The number of nitrogens with zero attached hydrogens (tertiary/aromatic N) is 4. The molecule has 22 heavy (non-hydrogen) atoms. The summed E-state index contributed by atoms with van der Waals surface area (Å²) in [6.45, 7) is 12.5. The summed E-state index contributed by atoms with van der Waals surface area (Å²) in [6, 6.07) is 1.50. The maximum absolute atomic E-state index is 12.4. The van der Waals surface area contributed by atoms with Gasteiger partial charge in [0.1, 0.15) is 0 Å². The number of hydrogen-bond donors (Lipinski definition) is 0. The monoisotopic (exact) mass is 308 g/mol. The van der Waals surface area contributed by atoms with Gasteiger partial charge in [0.05, 0.1) is 6.04 Å². The molecule has 0 N–H and O–H groups in total. The first-order valence-electron chi connectivity index (χ1n) is 9.03. The Morgan fingerprint density at radius 2 is 1.64 bits per heavy atom. The van der Waals surface area contributed by atoms with E-state index in [0.717, 1.165) is 32.5 Å². The number of likely N-dealkylation sites (tertiary alicyclic amines) is 2. The van der Waals surface area contributed by atoms with E-state index in [1.54, 1.807) is 0 Å². The van der Waals surface area contributed by atoms with Crippen LogP contribution in [0.3, 0.4) is 0 Å². The molecule has 0 bridgehead atoms. The van der Waals surface area contributed by atoms with Crippen molar-refractivity contribution in [2.45, 2.75) is 51.2 Å². The average Bonchev–Trinajstić information content (AvgIpc) is 2.62. The molecular formula is C17H32N4O. The number of piperazine rings is 1. The summed E-state index contributed by atoms with van der Waals surface area (Å²) in [5, 5.41) is 0. The van der Waals surface area contributed by atoms with E-state index in [9.17, 15) is 4.79 Å². The number of rotatable bonds is 3. The van der Waals surface area contributed by atoms with E-state index in [0.29, 0.717) is 18.0 Å². The molecule has 3 aliphatic heterocycles. The Kier molecular flexibility index (Phi) is 5.05. The van der Waals surface area contributed by atoms with Crippen molar-refractivity contribution in [3.05, 3.63) is 0 Å². The van der Waals surface area contributed by atoms with Crippen LogP contribution in [0.5, 0.6) is 0 Å². The number of hydrogen-bond acceptors (Lipinski definition) is 4. The number of amides is 1. The van der Waals surface area contributed by atoms with Crippen molar-refractivity contribution < 1.29 is 4.79 Å². The molecule has 3 aliphatic rings. The Balaban J connectivity index is 1.47. The first-order valence-corrected chi connectivity index (χ1v) is 9.03. The Hall–Kier alpha value is -0.650. The molecular weight excluding hydrogens is 276 g/mol. The van der Waals surface area contributed by atoms with Gasteiger partial charge in [-0.25, -0.2) is 0 Å². The van der Waals surface area contributed by atoms with Gasteiger partial charge in [-0.1, -0.05) is 0 Å². The minimum atomic E-state index is 0.153. The maximum atomic E-state index is 12.4. The normalized spacial score (nSPS) is 30.6. The van der Waals surface area contributed by atoms with E-state index in [2.05, 4.69) is 28.5 Å². The Bertz CT molecular complexity index is 386. The zero-order valence-electron chi connectivity index (χ0n) is 14.5. The molecule has 0 aromatic rings. The molecule has 5 nitrogen and oxygen atoms in total. The summed E-state index contributed by atoms with van der Waals surface area (Å²) < 4.78 is 0. The lowest BCUT2D eigenvalue weighted by molar-refractivity contribution is -0.138. The van der Waals surface area contributed by atoms with E-state index >= 15 is 0 Å². The van der Waals surface area contributed by atoms with Crippen molar-refractivity contribution in [2.75, 3.05) is 52.9 Å². The first-order chi connectivity index (χ1) is 10.6. The Morgan fingerprint density at radius 3 is 2.27 bits per heavy atom. The van der Waals surface area contributed by atoms with Crippen LogP contribution in [0.2, 0.25) is 0 Å². The molecule has 0 aromatic heterocycles. The van der Waals surface area contributed by atoms with Gasteiger partial charge in [0, 0.05) is 64.9 Å². The van der Waals surface area contributed by atoms with Crippen molar-refractivity contribution in [2.24, 2.45) is 0 Å². The molecule has 3 saturated heterocycles. The highest BCUT2D eigenvalue weighted by Crippen LogP contribution is 2.25. The SMILES string of the molecule is CC(C)N1CCN(C2CN(C3CCCCN(C)C3=O)C2)CC1. The molecule has 1 atom stereocenters. The van der Waals surface area contributed by atoms with E-state index in [1.165, 1.54) is 32.6 Å². The van der Waals surface area contributed by atoms with Crippen molar-refractivity contribution in [3.8, 4) is 0 Å². The van der Waals surface area contributed by atoms with Crippen LogP contribution in [0.4, 0.5) is 0 Å². The molecule has 1 unspecified atom stereocenters. The third kappa shape index (κ3) is 3.31. The highest BCUT2D eigenvalue weighted by molar-refractivity contribution is 5.82. The molecule has 5 heteroatoms. The largest absolute Gasteiger partial charge is 0.344 e. The van der Waals surface area contributed by atoms with E-state index < -0.39 is 0 Å². The zero-order valence-corrected chi connectivity index (χ0v) is 14.5. The molecule has 1 amide bonds. The number of carbonyl (C=O) groups is 1. The summed E-state index contributed by atoms with van der Waals surface area (Å²) >= 11 is 0. The van der Waals surface area contributed by atoms with Crippen LogP contribution in [-0.4, -0.2) is 96.5 Å². The molecule has 3 heterocycles. The van der Waals surface area contributed by atoms with E-state index in [-0.39, 0.29) is 6.04 Å².